The molecule has 20 heavy (non-hydrogen) atoms. The molecule has 2 aromatic carbocycles. The van der Waals surface area contributed by atoms with Crippen LogP contribution in [-0.2, 0) is 6.54 Å². The van der Waals surface area contributed by atoms with Crippen LogP contribution in [0.2, 0.25) is 5.02 Å². The van der Waals surface area contributed by atoms with Gasteiger partial charge < -0.3 is 10.3 Å². The van der Waals surface area contributed by atoms with Gasteiger partial charge in [-0.15, -0.1) is 0 Å². The van der Waals surface area contributed by atoms with Crippen molar-refractivity contribution < 1.29 is 0 Å². The molecule has 1 aromatic heterocycles. The van der Waals surface area contributed by atoms with Crippen LogP contribution in [0.3, 0.4) is 0 Å². The molecule has 4 heteroatoms. The highest BCUT2D eigenvalue weighted by Gasteiger charge is 2.05. The second-order valence-electron chi connectivity index (χ2n) is 4.55. The molecule has 0 atom stereocenters. The van der Waals surface area contributed by atoms with E-state index in [9.17, 15) is 0 Å². The van der Waals surface area contributed by atoms with E-state index < -0.39 is 0 Å². The van der Waals surface area contributed by atoms with E-state index in [0.29, 0.717) is 11.6 Å². The largest absolute Gasteiger partial charge is 0.372 e. The molecule has 2 N–H and O–H groups in total. The lowest BCUT2D eigenvalue weighted by Crippen LogP contribution is -2.21. The van der Waals surface area contributed by atoms with Crippen LogP contribution in [0.1, 0.15) is 11.1 Å². The van der Waals surface area contributed by atoms with Crippen molar-refractivity contribution in [1.82, 2.24) is 10.3 Å². The average Bonchev–Trinajstić information content (AvgIpc) is 2.89. The fourth-order valence-corrected chi connectivity index (χ4v) is 2.49. The summed E-state index contributed by atoms with van der Waals surface area (Å²) in [4.78, 5) is 3.99. The maximum atomic E-state index is 5.87. The first-order valence-electron chi connectivity index (χ1n) is 6.33. The van der Waals surface area contributed by atoms with Gasteiger partial charge in [-0.1, -0.05) is 54.2 Å². The molecule has 0 aliphatic heterocycles. The van der Waals surface area contributed by atoms with Crippen molar-refractivity contribution in [2.45, 2.75) is 6.54 Å². The van der Waals surface area contributed by atoms with Crippen molar-refractivity contribution in [2.24, 2.45) is 0 Å². The Labute approximate surface area is 127 Å². The van der Waals surface area contributed by atoms with Gasteiger partial charge in [0.25, 0.3) is 0 Å². The van der Waals surface area contributed by atoms with E-state index in [2.05, 4.69) is 22.4 Å². The van der Waals surface area contributed by atoms with E-state index in [1.54, 1.807) is 0 Å². The summed E-state index contributed by atoms with van der Waals surface area (Å²) < 4.78 is 0. The Morgan fingerprint density at radius 1 is 1.10 bits per heavy atom. The number of rotatable bonds is 3. The zero-order valence-electron chi connectivity index (χ0n) is 10.7. The number of halogens is 1. The van der Waals surface area contributed by atoms with Crippen molar-refractivity contribution in [3.05, 3.63) is 70.9 Å². The van der Waals surface area contributed by atoms with Gasteiger partial charge in [0, 0.05) is 34.2 Å². The molecule has 0 amide bonds. The molecule has 3 aromatic rings. The number of nitrogens with one attached hydrogen (secondary N) is 2. The van der Waals surface area contributed by atoms with Gasteiger partial charge in [-0.3, -0.25) is 0 Å². The molecule has 0 bridgehead atoms. The molecule has 0 spiro atoms. The van der Waals surface area contributed by atoms with E-state index in [1.165, 1.54) is 10.9 Å². The minimum absolute atomic E-state index is 0.700. The van der Waals surface area contributed by atoms with Crippen LogP contribution < -0.4 is 5.32 Å². The lowest BCUT2D eigenvalue weighted by Gasteiger charge is -2.07. The standard InChI is InChI=1S/C16H13ClN2S/c17-13-7-5-11(6-8-13)16(20)19-10-12-9-18-15-4-2-1-3-14(12)15/h1-9,18H,10H2,(H,19,20). The molecule has 0 saturated carbocycles. The predicted octanol–water partition coefficient (Wildman–Crippen LogP) is 4.29. The SMILES string of the molecule is S=C(NCc1c[nH]c2ccccc12)c1ccc(Cl)cc1. The van der Waals surface area contributed by atoms with Crippen molar-refractivity contribution in [3.8, 4) is 0 Å². The maximum Gasteiger partial charge on any atom is 0.106 e. The average molecular weight is 301 g/mol. The number of para-hydroxylation sites is 1. The number of aromatic amines is 1. The van der Waals surface area contributed by atoms with Crippen LogP contribution >= 0.6 is 23.8 Å². The van der Waals surface area contributed by atoms with Gasteiger partial charge in [0.1, 0.15) is 4.99 Å². The Kier molecular flexibility index (Phi) is 3.72. The van der Waals surface area contributed by atoms with Crippen molar-refractivity contribution >= 4 is 39.7 Å². The highest BCUT2D eigenvalue weighted by Crippen LogP contribution is 2.17. The van der Waals surface area contributed by atoms with Gasteiger partial charge in [-0.2, -0.15) is 0 Å². The summed E-state index contributed by atoms with van der Waals surface area (Å²) in [5.74, 6) is 0. The normalized spacial score (nSPS) is 10.7. The number of H-pyrrole nitrogens is 1. The smallest absolute Gasteiger partial charge is 0.106 e. The van der Waals surface area contributed by atoms with E-state index >= 15 is 0 Å². The molecule has 2 nitrogen and oxygen atoms in total. The molecule has 0 unspecified atom stereocenters. The Balaban J connectivity index is 1.73. The molecule has 3 rings (SSSR count). The summed E-state index contributed by atoms with van der Waals surface area (Å²) >= 11 is 11.3. The molecular formula is C16H13ClN2S. The molecule has 0 radical (unpaired) electrons. The van der Waals surface area contributed by atoms with Crippen LogP contribution in [0, 0.1) is 0 Å². The van der Waals surface area contributed by atoms with Gasteiger partial charge in [0.15, 0.2) is 0 Å². The van der Waals surface area contributed by atoms with Gasteiger partial charge >= 0.3 is 0 Å². The summed E-state index contributed by atoms with van der Waals surface area (Å²) in [5, 5.41) is 5.22. The van der Waals surface area contributed by atoms with Crippen molar-refractivity contribution in [1.29, 1.82) is 0 Å². The van der Waals surface area contributed by atoms with E-state index in [0.717, 1.165) is 16.1 Å². The quantitative estimate of drug-likeness (QED) is 0.706. The molecule has 0 aliphatic carbocycles. The maximum absolute atomic E-state index is 5.87. The van der Waals surface area contributed by atoms with E-state index in [4.69, 9.17) is 23.8 Å². The summed E-state index contributed by atoms with van der Waals surface area (Å²) in [6, 6.07) is 15.8. The minimum Gasteiger partial charge on any atom is -0.372 e. The van der Waals surface area contributed by atoms with Gasteiger partial charge in [0.2, 0.25) is 0 Å². The Morgan fingerprint density at radius 2 is 1.85 bits per heavy atom. The third-order valence-electron chi connectivity index (χ3n) is 3.22. The zero-order valence-corrected chi connectivity index (χ0v) is 12.3. The molecule has 0 aliphatic rings. The van der Waals surface area contributed by atoms with Crippen LogP contribution in [0.15, 0.2) is 54.7 Å². The molecule has 0 saturated heterocycles. The number of benzene rings is 2. The number of thiocarbonyl (C=S) groups is 1. The summed E-state index contributed by atoms with van der Waals surface area (Å²) in [7, 11) is 0. The monoisotopic (exact) mass is 300 g/mol. The van der Waals surface area contributed by atoms with Crippen molar-refractivity contribution in [3.63, 3.8) is 0 Å². The van der Waals surface area contributed by atoms with E-state index in [1.807, 2.05) is 42.6 Å². The lowest BCUT2D eigenvalue weighted by atomic mass is 10.1. The second kappa shape index (κ2) is 5.65. The zero-order chi connectivity index (χ0) is 13.9. The summed E-state index contributed by atoms with van der Waals surface area (Å²) in [6.07, 6.45) is 2.02. The molecular weight excluding hydrogens is 288 g/mol. The van der Waals surface area contributed by atoms with Gasteiger partial charge in [-0.25, -0.2) is 0 Å². The fraction of sp³-hybridized carbons (Fsp3) is 0.0625. The highest BCUT2D eigenvalue weighted by atomic mass is 35.5. The van der Waals surface area contributed by atoms with Gasteiger partial charge in [0.05, 0.1) is 0 Å². The van der Waals surface area contributed by atoms with Crippen LogP contribution in [0.5, 0.6) is 0 Å². The first-order chi connectivity index (χ1) is 9.74. The third-order valence-corrected chi connectivity index (χ3v) is 3.85. The minimum atomic E-state index is 0.700. The molecule has 100 valence electrons. The summed E-state index contributed by atoms with van der Waals surface area (Å²) in [6.45, 7) is 0.700. The highest BCUT2D eigenvalue weighted by molar-refractivity contribution is 7.80. The molecule has 0 fully saturated rings. The van der Waals surface area contributed by atoms with Crippen molar-refractivity contribution in [2.75, 3.05) is 0 Å². The van der Waals surface area contributed by atoms with Crippen LogP contribution in [0.25, 0.3) is 10.9 Å². The molecule has 1 heterocycles. The number of hydrogen-bond donors (Lipinski definition) is 2. The topological polar surface area (TPSA) is 27.8 Å². The fourth-order valence-electron chi connectivity index (χ4n) is 2.16. The predicted molar refractivity (Wildman–Crippen MR) is 88.3 cm³/mol. The number of hydrogen-bond acceptors (Lipinski definition) is 1. The third kappa shape index (κ3) is 2.69. The first-order valence-corrected chi connectivity index (χ1v) is 7.11. The number of aromatic nitrogens is 1. The number of fused-ring (bicyclic) bond motifs is 1. The first kappa shape index (κ1) is 13.2. The Morgan fingerprint density at radius 3 is 2.65 bits per heavy atom. The van der Waals surface area contributed by atoms with Crippen LogP contribution in [-0.4, -0.2) is 9.97 Å². The lowest BCUT2D eigenvalue weighted by molar-refractivity contribution is 0.937. The summed E-state index contributed by atoms with van der Waals surface area (Å²) in [5.41, 5.74) is 3.32. The van der Waals surface area contributed by atoms with E-state index in [-0.39, 0.29) is 0 Å². The second-order valence-corrected chi connectivity index (χ2v) is 5.39. The Bertz CT molecular complexity index is 747. The van der Waals surface area contributed by atoms with Gasteiger partial charge in [-0.05, 0) is 23.8 Å². The Hall–Kier alpha value is -1.84. The van der Waals surface area contributed by atoms with Crippen LogP contribution in [0.4, 0.5) is 0 Å².